The zero-order valence-corrected chi connectivity index (χ0v) is 9.54. The van der Waals surface area contributed by atoms with Gasteiger partial charge in [-0.25, -0.2) is 0 Å². The molecule has 0 spiro atoms. The van der Waals surface area contributed by atoms with Crippen LogP contribution in [0.1, 0.15) is 38.4 Å². The summed E-state index contributed by atoms with van der Waals surface area (Å²) in [5.41, 5.74) is 0. The van der Waals surface area contributed by atoms with E-state index in [1.165, 1.54) is 25.8 Å². The van der Waals surface area contributed by atoms with Crippen LogP contribution in [0.3, 0.4) is 0 Å². The van der Waals surface area contributed by atoms with Gasteiger partial charge in [-0.15, -0.1) is 0 Å². The molecule has 1 N–H and O–H groups in total. The fourth-order valence-electron chi connectivity index (χ4n) is 1.86. The van der Waals surface area contributed by atoms with Gasteiger partial charge in [0.1, 0.15) is 5.76 Å². The maximum absolute atomic E-state index is 5.31. The van der Waals surface area contributed by atoms with E-state index in [1.54, 1.807) is 6.26 Å². The molecule has 0 radical (unpaired) electrons. The molecule has 1 aliphatic carbocycles. The van der Waals surface area contributed by atoms with Crippen LogP contribution in [0.5, 0.6) is 0 Å². The Morgan fingerprint density at radius 1 is 1.53 bits per heavy atom. The molecule has 0 saturated heterocycles. The second kappa shape index (κ2) is 5.36. The summed E-state index contributed by atoms with van der Waals surface area (Å²) in [6, 6.07) is 4.62. The molecule has 2 nitrogen and oxygen atoms in total. The third-order valence-electron chi connectivity index (χ3n) is 3.15. The number of aryl methyl sites for hydroxylation is 1. The summed E-state index contributed by atoms with van der Waals surface area (Å²) in [6.07, 6.45) is 8.25. The van der Waals surface area contributed by atoms with Gasteiger partial charge in [-0.2, -0.15) is 0 Å². The molecule has 1 aromatic heterocycles. The highest BCUT2D eigenvalue weighted by atomic mass is 16.3. The van der Waals surface area contributed by atoms with Crippen molar-refractivity contribution in [2.75, 3.05) is 6.54 Å². The van der Waals surface area contributed by atoms with Gasteiger partial charge in [0.15, 0.2) is 0 Å². The van der Waals surface area contributed by atoms with E-state index in [0.29, 0.717) is 6.04 Å². The minimum atomic E-state index is 0.605. The lowest BCUT2D eigenvalue weighted by Gasteiger charge is -2.12. The molecule has 1 heterocycles. The Bertz CT molecular complexity index is 264. The van der Waals surface area contributed by atoms with Crippen LogP contribution in [0.4, 0.5) is 0 Å². The Labute approximate surface area is 92.1 Å². The van der Waals surface area contributed by atoms with Crippen LogP contribution in [0, 0.1) is 5.92 Å². The fraction of sp³-hybridized carbons (Fsp3) is 0.692. The Hall–Kier alpha value is -0.760. The smallest absolute Gasteiger partial charge is 0.103 e. The molecule has 0 amide bonds. The van der Waals surface area contributed by atoms with Crippen molar-refractivity contribution in [1.29, 1.82) is 0 Å². The lowest BCUT2D eigenvalue weighted by Crippen LogP contribution is -2.27. The fourth-order valence-corrected chi connectivity index (χ4v) is 1.86. The number of nitrogens with one attached hydrogen (secondary N) is 1. The van der Waals surface area contributed by atoms with Gasteiger partial charge in [-0.05, 0) is 44.4 Å². The van der Waals surface area contributed by atoms with E-state index in [9.17, 15) is 0 Å². The van der Waals surface area contributed by atoms with E-state index in [4.69, 9.17) is 4.42 Å². The summed E-state index contributed by atoms with van der Waals surface area (Å²) in [6.45, 7) is 3.44. The molecular formula is C13H21NO. The molecule has 1 saturated carbocycles. The third kappa shape index (κ3) is 4.08. The van der Waals surface area contributed by atoms with Crippen LogP contribution >= 0.6 is 0 Å². The molecule has 1 aliphatic rings. The highest BCUT2D eigenvalue weighted by molar-refractivity contribution is 4.98. The first-order chi connectivity index (χ1) is 7.34. The first kappa shape index (κ1) is 10.7. The standard InChI is InChI=1S/C13H21NO/c1-11(14-9-8-12-5-6-12)4-7-13-3-2-10-15-13/h2-3,10-12,14H,4-9H2,1H3. The zero-order valence-electron chi connectivity index (χ0n) is 9.54. The molecule has 1 atom stereocenters. The minimum Gasteiger partial charge on any atom is -0.469 e. The van der Waals surface area contributed by atoms with E-state index in [0.717, 1.165) is 24.5 Å². The summed E-state index contributed by atoms with van der Waals surface area (Å²) in [7, 11) is 0. The van der Waals surface area contributed by atoms with Crippen LogP contribution in [0.15, 0.2) is 22.8 Å². The summed E-state index contributed by atoms with van der Waals surface area (Å²) in [5.74, 6) is 2.14. The number of furan rings is 1. The van der Waals surface area contributed by atoms with E-state index >= 15 is 0 Å². The van der Waals surface area contributed by atoms with E-state index in [-0.39, 0.29) is 0 Å². The van der Waals surface area contributed by atoms with Crippen LogP contribution in [0.2, 0.25) is 0 Å². The molecule has 0 bridgehead atoms. The maximum Gasteiger partial charge on any atom is 0.103 e. The molecule has 15 heavy (non-hydrogen) atoms. The first-order valence-corrected chi connectivity index (χ1v) is 6.10. The molecule has 0 aliphatic heterocycles. The SMILES string of the molecule is CC(CCc1ccco1)NCCC1CC1. The molecule has 1 unspecified atom stereocenters. The van der Waals surface area contributed by atoms with Crippen molar-refractivity contribution in [3.05, 3.63) is 24.2 Å². The number of hydrogen-bond acceptors (Lipinski definition) is 2. The van der Waals surface area contributed by atoms with Crippen molar-refractivity contribution >= 4 is 0 Å². The van der Waals surface area contributed by atoms with Crippen molar-refractivity contribution in [3.63, 3.8) is 0 Å². The van der Waals surface area contributed by atoms with Gasteiger partial charge in [0, 0.05) is 12.5 Å². The quantitative estimate of drug-likeness (QED) is 0.743. The molecular weight excluding hydrogens is 186 g/mol. The van der Waals surface area contributed by atoms with Crippen molar-refractivity contribution in [1.82, 2.24) is 5.32 Å². The van der Waals surface area contributed by atoms with Crippen LogP contribution < -0.4 is 5.32 Å². The highest BCUT2D eigenvalue weighted by Gasteiger charge is 2.20. The Morgan fingerprint density at radius 3 is 3.07 bits per heavy atom. The van der Waals surface area contributed by atoms with E-state index < -0.39 is 0 Å². The van der Waals surface area contributed by atoms with Gasteiger partial charge < -0.3 is 9.73 Å². The molecule has 1 fully saturated rings. The molecule has 1 aromatic rings. The van der Waals surface area contributed by atoms with Gasteiger partial charge in [-0.3, -0.25) is 0 Å². The monoisotopic (exact) mass is 207 g/mol. The summed E-state index contributed by atoms with van der Waals surface area (Å²) >= 11 is 0. The van der Waals surface area contributed by atoms with Crippen LogP contribution in [-0.4, -0.2) is 12.6 Å². The average molecular weight is 207 g/mol. The second-order valence-electron chi connectivity index (χ2n) is 4.71. The minimum absolute atomic E-state index is 0.605. The Morgan fingerprint density at radius 2 is 2.40 bits per heavy atom. The molecule has 2 rings (SSSR count). The van der Waals surface area contributed by atoms with Crippen molar-refractivity contribution in [3.8, 4) is 0 Å². The normalized spacial score (nSPS) is 17.9. The number of rotatable bonds is 7. The van der Waals surface area contributed by atoms with Gasteiger partial charge in [0.25, 0.3) is 0 Å². The zero-order chi connectivity index (χ0) is 10.5. The van der Waals surface area contributed by atoms with E-state index in [2.05, 4.69) is 18.3 Å². The Kier molecular flexibility index (Phi) is 3.84. The molecule has 0 aromatic carbocycles. The van der Waals surface area contributed by atoms with Crippen LogP contribution in [-0.2, 0) is 6.42 Å². The predicted molar refractivity (Wildman–Crippen MR) is 61.8 cm³/mol. The lowest BCUT2D eigenvalue weighted by molar-refractivity contribution is 0.454. The van der Waals surface area contributed by atoms with Gasteiger partial charge in [0.05, 0.1) is 6.26 Å². The Balaban J connectivity index is 1.53. The highest BCUT2D eigenvalue weighted by Crippen LogP contribution is 2.31. The third-order valence-corrected chi connectivity index (χ3v) is 3.15. The first-order valence-electron chi connectivity index (χ1n) is 6.10. The largest absolute Gasteiger partial charge is 0.469 e. The maximum atomic E-state index is 5.31. The number of hydrogen-bond donors (Lipinski definition) is 1. The predicted octanol–water partition coefficient (Wildman–Crippen LogP) is 2.99. The summed E-state index contributed by atoms with van der Waals surface area (Å²) in [5, 5.41) is 3.57. The average Bonchev–Trinajstić information content (AvgIpc) is 2.91. The molecule has 84 valence electrons. The topological polar surface area (TPSA) is 25.2 Å². The van der Waals surface area contributed by atoms with Crippen molar-refractivity contribution in [2.24, 2.45) is 5.92 Å². The summed E-state index contributed by atoms with van der Waals surface area (Å²) < 4.78 is 5.31. The molecule has 2 heteroatoms. The summed E-state index contributed by atoms with van der Waals surface area (Å²) in [4.78, 5) is 0. The van der Waals surface area contributed by atoms with Crippen molar-refractivity contribution < 1.29 is 4.42 Å². The van der Waals surface area contributed by atoms with Gasteiger partial charge >= 0.3 is 0 Å². The van der Waals surface area contributed by atoms with Crippen LogP contribution in [0.25, 0.3) is 0 Å². The van der Waals surface area contributed by atoms with Gasteiger partial charge in [-0.1, -0.05) is 12.8 Å². The second-order valence-corrected chi connectivity index (χ2v) is 4.71. The van der Waals surface area contributed by atoms with E-state index in [1.807, 2.05) is 6.07 Å². The van der Waals surface area contributed by atoms with Crippen molar-refractivity contribution in [2.45, 2.75) is 45.1 Å². The lowest BCUT2D eigenvalue weighted by atomic mass is 10.1. The van der Waals surface area contributed by atoms with Gasteiger partial charge in [0.2, 0.25) is 0 Å².